The Morgan fingerprint density at radius 3 is 1.42 bits per heavy atom. The molecular formula is C38H58O12. The highest BCUT2D eigenvalue weighted by molar-refractivity contribution is 5.77. The van der Waals surface area contributed by atoms with E-state index >= 15 is 0 Å². The predicted octanol–water partition coefficient (Wildman–Crippen LogP) is 6.13. The molecule has 50 heavy (non-hydrogen) atoms. The highest BCUT2D eigenvalue weighted by Crippen LogP contribution is 2.62. The minimum absolute atomic E-state index is 0.0349. The normalized spacial score (nSPS) is 51.9. The second kappa shape index (κ2) is 13.2. The van der Waals surface area contributed by atoms with Gasteiger partial charge in [-0.15, -0.1) is 0 Å². The second-order valence-electron chi connectivity index (χ2n) is 17.4. The van der Waals surface area contributed by atoms with Crippen LogP contribution in [0.2, 0.25) is 0 Å². The number of rotatable bonds is 9. The molecule has 0 amide bonds. The lowest BCUT2D eigenvalue weighted by Gasteiger charge is -2.60. The van der Waals surface area contributed by atoms with Crippen molar-refractivity contribution in [2.45, 2.75) is 166 Å². The molecule has 8 aliphatic heterocycles. The summed E-state index contributed by atoms with van der Waals surface area (Å²) in [4.78, 5) is 49.6. The van der Waals surface area contributed by atoms with Crippen molar-refractivity contribution < 1.29 is 57.6 Å². The summed E-state index contributed by atoms with van der Waals surface area (Å²) in [6.07, 6.45) is 7.53. The van der Waals surface area contributed by atoms with Gasteiger partial charge in [0.1, 0.15) is 0 Å². The molecule has 10 fully saturated rings. The first-order chi connectivity index (χ1) is 23.9. The van der Waals surface area contributed by atoms with Crippen LogP contribution in [0.3, 0.4) is 0 Å². The first-order valence-corrected chi connectivity index (χ1v) is 19.6. The maximum atomic E-state index is 12.6. The van der Waals surface area contributed by atoms with E-state index in [0.29, 0.717) is 36.5 Å². The quantitative estimate of drug-likeness (QED) is 0.202. The Morgan fingerprint density at radius 2 is 1.00 bits per heavy atom. The van der Waals surface area contributed by atoms with E-state index in [9.17, 15) is 9.59 Å². The molecule has 282 valence electrons. The fraction of sp³-hybridized carbons (Fsp3) is 0.947. The molecule has 0 aromatic heterocycles. The minimum atomic E-state index is -0.822. The molecule has 0 aromatic carbocycles. The number of fused-ring (bicyclic) bond motifs is 4. The fourth-order valence-electron chi connectivity index (χ4n) is 11.5. The highest BCUT2D eigenvalue weighted by Gasteiger charge is 2.70. The summed E-state index contributed by atoms with van der Waals surface area (Å²) in [5, 5.41) is 0. The Kier molecular flexibility index (Phi) is 9.39. The van der Waals surface area contributed by atoms with Gasteiger partial charge in [-0.1, -0.05) is 27.7 Å². The van der Waals surface area contributed by atoms with Crippen LogP contribution in [-0.4, -0.2) is 72.7 Å². The predicted molar refractivity (Wildman–Crippen MR) is 174 cm³/mol. The molecule has 2 spiro atoms. The molecule has 0 aromatic rings. The van der Waals surface area contributed by atoms with E-state index < -0.39 is 47.3 Å². The van der Waals surface area contributed by atoms with E-state index in [1.807, 2.05) is 13.8 Å². The van der Waals surface area contributed by atoms with Crippen molar-refractivity contribution in [1.82, 2.24) is 0 Å². The first-order valence-electron chi connectivity index (χ1n) is 19.6. The van der Waals surface area contributed by atoms with Gasteiger partial charge in [-0.05, 0) is 87.9 Å². The van der Waals surface area contributed by atoms with E-state index in [4.69, 9.17) is 48.0 Å². The van der Waals surface area contributed by atoms with Crippen LogP contribution in [0.25, 0.3) is 0 Å². The summed E-state index contributed by atoms with van der Waals surface area (Å²) in [6.45, 7) is 13.3. The lowest BCUT2D eigenvalue weighted by atomic mass is 9.57. The highest BCUT2D eigenvalue weighted by atomic mass is 17.3. The van der Waals surface area contributed by atoms with Crippen molar-refractivity contribution >= 4 is 11.9 Å². The van der Waals surface area contributed by atoms with Crippen LogP contribution in [0.4, 0.5) is 0 Å². The molecule has 2 saturated carbocycles. The number of ether oxygens (including phenoxy) is 6. The van der Waals surface area contributed by atoms with Crippen molar-refractivity contribution in [3.63, 3.8) is 0 Å². The lowest BCUT2D eigenvalue weighted by Crippen LogP contribution is -2.70. The molecular weight excluding hydrogens is 648 g/mol. The Bertz CT molecular complexity index is 1200. The van der Waals surface area contributed by atoms with E-state index in [1.54, 1.807) is 0 Å². The summed E-state index contributed by atoms with van der Waals surface area (Å²) >= 11 is 0. The zero-order valence-electron chi connectivity index (χ0n) is 30.7. The van der Waals surface area contributed by atoms with E-state index in [-0.39, 0.29) is 61.9 Å². The molecule has 4 bridgehead atoms. The van der Waals surface area contributed by atoms with Crippen LogP contribution >= 0.6 is 0 Å². The van der Waals surface area contributed by atoms with Gasteiger partial charge >= 0.3 is 11.9 Å². The third-order valence-electron chi connectivity index (χ3n) is 14.5. The molecule has 0 N–H and O–H groups in total. The number of carbonyl (C=O) groups is 2. The topological polar surface area (TPSA) is 126 Å². The molecule has 10 rings (SSSR count). The largest absolute Gasteiger partial charge is 0.466 e. The first kappa shape index (κ1) is 35.6. The van der Waals surface area contributed by atoms with Crippen LogP contribution in [0.1, 0.15) is 119 Å². The third kappa shape index (κ3) is 5.77. The van der Waals surface area contributed by atoms with Crippen molar-refractivity contribution in [1.29, 1.82) is 0 Å². The number of esters is 2. The monoisotopic (exact) mass is 706 g/mol. The van der Waals surface area contributed by atoms with Crippen LogP contribution in [-0.2, 0) is 57.6 Å². The zero-order valence-corrected chi connectivity index (χ0v) is 30.7. The van der Waals surface area contributed by atoms with Gasteiger partial charge in [-0.2, -0.15) is 0 Å². The molecule has 2 aliphatic carbocycles. The van der Waals surface area contributed by atoms with E-state index in [1.165, 1.54) is 0 Å². The molecule has 12 nitrogen and oxygen atoms in total. The zero-order chi connectivity index (χ0) is 35.1. The van der Waals surface area contributed by atoms with Crippen molar-refractivity contribution in [3.8, 4) is 0 Å². The second-order valence-corrected chi connectivity index (χ2v) is 17.4. The lowest BCUT2D eigenvalue weighted by molar-refractivity contribution is -0.571. The van der Waals surface area contributed by atoms with Crippen molar-refractivity contribution in [2.75, 3.05) is 13.2 Å². The Balaban J connectivity index is 0.785. The van der Waals surface area contributed by atoms with Gasteiger partial charge in [0, 0.05) is 37.5 Å². The molecule has 0 radical (unpaired) electrons. The van der Waals surface area contributed by atoms with Gasteiger partial charge in [0.05, 0.1) is 38.3 Å². The average molecular weight is 707 g/mol. The van der Waals surface area contributed by atoms with Gasteiger partial charge in [0.2, 0.25) is 11.6 Å². The number of hydrogen-bond donors (Lipinski definition) is 0. The average Bonchev–Trinajstić information content (AvgIpc) is 3.46. The van der Waals surface area contributed by atoms with Crippen LogP contribution < -0.4 is 0 Å². The SMILES string of the molecule is C[C@@H]1CCC2[C@@H](C)[C@@H](CCOC(=O)CCC(=O)OCC[C@H]3O[C@@H]4O[C@]5(C)CCC6[C@H](C)CCC([C@H]3C)[C@]64OO5)O[C@@H]3O[C@]4(C)CCC1[C@@]23OO4. The number of carbonyl (C=O) groups excluding carboxylic acids is 2. The van der Waals surface area contributed by atoms with Gasteiger partial charge < -0.3 is 28.4 Å². The van der Waals surface area contributed by atoms with Crippen molar-refractivity contribution in [2.24, 2.45) is 47.3 Å². The molecule has 4 unspecified atom stereocenters. The van der Waals surface area contributed by atoms with E-state index in [2.05, 4.69) is 27.7 Å². The van der Waals surface area contributed by atoms with Crippen molar-refractivity contribution in [3.05, 3.63) is 0 Å². The van der Waals surface area contributed by atoms with Gasteiger partial charge in [-0.3, -0.25) is 9.59 Å². The summed E-state index contributed by atoms with van der Waals surface area (Å²) < 4.78 is 37.2. The Hall–Kier alpha value is -1.38. The molecule has 16 atom stereocenters. The van der Waals surface area contributed by atoms with Gasteiger partial charge in [0.15, 0.2) is 23.8 Å². The van der Waals surface area contributed by atoms with Gasteiger partial charge in [0.25, 0.3) is 0 Å². The smallest absolute Gasteiger partial charge is 0.306 e. The fourth-order valence-corrected chi connectivity index (χ4v) is 11.5. The third-order valence-corrected chi connectivity index (χ3v) is 14.5. The molecule has 8 heterocycles. The van der Waals surface area contributed by atoms with E-state index in [0.717, 1.165) is 51.4 Å². The summed E-state index contributed by atoms with van der Waals surface area (Å²) in [6, 6.07) is 0. The molecule has 8 saturated heterocycles. The van der Waals surface area contributed by atoms with Crippen LogP contribution in [0.5, 0.6) is 0 Å². The maximum Gasteiger partial charge on any atom is 0.306 e. The molecule has 10 aliphatic rings. The standard InChI is InChI=1S/C38H58O12/c1-21-7-9-27-23(3)29(43-33-37(27)25(21)13-17-35(5,45-33)47-49-37)15-19-41-31(39)11-12-32(40)42-20-16-30-24(4)28-10-8-22(2)26-14-18-36(6)46-34(44-30)38(26,28)50-48-36/h21-30,33-34H,7-20H2,1-6H3/t21-,22-,23-,24-,25?,26?,27?,28?,29-,30-,33-,34-,35+,36+,37-,38-/m1/s1. The van der Waals surface area contributed by atoms with Crippen LogP contribution in [0, 0.1) is 47.3 Å². The Morgan fingerprint density at radius 1 is 0.580 bits per heavy atom. The summed E-state index contributed by atoms with van der Waals surface area (Å²) in [7, 11) is 0. The number of hydrogen-bond acceptors (Lipinski definition) is 12. The maximum absolute atomic E-state index is 12.6. The minimum Gasteiger partial charge on any atom is -0.466 e. The summed E-state index contributed by atoms with van der Waals surface area (Å²) in [5.41, 5.74) is -1.21. The van der Waals surface area contributed by atoms with Crippen LogP contribution in [0.15, 0.2) is 0 Å². The van der Waals surface area contributed by atoms with Gasteiger partial charge in [-0.25, -0.2) is 19.6 Å². The summed E-state index contributed by atoms with van der Waals surface area (Å²) in [5.74, 6) is -0.0398. The Labute approximate surface area is 296 Å². The molecule has 12 heteroatoms.